The second kappa shape index (κ2) is 11.3. The van der Waals surface area contributed by atoms with Crippen LogP contribution in [0.25, 0.3) is 11.1 Å². The molecule has 0 aliphatic heterocycles. The predicted octanol–water partition coefficient (Wildman–Crippen LogP) is 3.05. The van der Waals surface area contributed by atoms with E-state index in [1.807, 2.05) is 24.3 Å². The smallest absolute Gasteiger partial charge is 0.475 e. The van der Waals surface area contributed by atoms with Crippen molar-refractivity contribution in [3.8, 4) is 11.1 Å². The molecule has 0 spiro atoms. The highest BCUT2D eigenvalue weighted by molar-refractivity contribution is 5.79. The van der Waals surface area contributed by atoms with Gasteiger partial charge >= 0.3 is 24.2 Å². The van der Waals surface area contributed by atoms with Gasteiger partial charge in [0.25, 0.3) is 0 Å². The van der Waals surface area contributed by atoms with E-state index in [2.05, 4.69) is 34.3 Å². The minimum absolute atomic E-state index is 0.0110. The molecule has 0 unspecified atom stereocenters. The lowest BCUT2D eigenvalue weighted by Gasteiger charge is -2.15. The fourth-order valence-electron chi connectivity index (χ4n) is 3.23. The zero-order chi connectivity index (χ0) is 24.6. The van der Waals surface area contributed by atoms with Crippen molar-refractivity contribution in [3.63, 3.8) is 0 Å². The van der Waals surface area contributed by atoms with Crippen molar-refractivity contribution in [1.29, 1.82) is 0 Å². The van der Waals surface area contributed by atoms with Crippen molar-refractivity contribution in [2.24, 2.45) is 5.73 Å². The minimum Gasteiger partial charge on any atom is -0.475 e. The van der Waals surface area contributed by atoms with Crippen LogP contribution in [0.15, 0.2) is 48.5 Å². The second-order valence-corrected chi connectivity index (χ2v) is 7.05. The average molecular weight is 468 g/mol. The van der Waals surface area contributed by atoms with Crippen molar-refractivity contribution in [2.75, 3.05) is 20.3 Å². The maximum absolute atomic E-state index is 12.0. The molecule has 4 N–H and O–H groups in total. The van der Waals surface area contributed by atoms with Gasteiger partial charge in [0.2, 0.25) is 0 Å². The van der Waals surface area contributed by atoms with Gasteiger partial charge in [0.05, 0.1) is 13.5 Å². The normalized spacial score (nSPS) is 13.0. The number of carboxylic acids is 1. The molecule has 0 heterocycles. The molecule has 2 aromatic carbocycles. The fourth-order valence-corrected chi connectivity index (χ4v) is 3.23. The first kappa shape index (κ1) is 25.7. The lowest BCUT2D eigenvalue weighted by atomic mass is 9.98. The molecule has 1 aliphatic rings. The summed E-state index contributed by atoms with van der Waals surface area (Å²) in [5.41, 5.74) is 10.4. The molecule has 33 heavy (non-hydrogen) atoms. The topological polar surface area (TPSA) is 128 Å². The van der Waals surface area contributed by atoms with Gasteiger partial charge in [-0.05, 0) is 22.3 Å². The molecular weight excluding hydrogens is 445 g/mol. The maximum Gasteiger partial charge on any atom is 0.490 e. The van der Waals surface area contributed by atoms with Gasteiger partial charge in [0.15, 0.2) is 0 Å². The molecule has 3 rings (SSSR count). The molecule has 0 fully saturated rings. The Labute approximate surface area is 187 Å². The number of carbonyl (C=O) groups excluding carboxylic acids is 2. The number of nitrogens with one attached hydrogen (secondary N) is 1. The van der Waals surface area contributed by atoms with E-state index in [9.17, 15) is 22.8 Å². The number of alkyl carbamates (subject to hydrolysis) is 1. The van der Waals surface area contributed by atoms with E-state index in [-0.39, 0.29) is 25.5 Å². The third kappa shape index (κ3) is 7.21. The molecule has 1 aliphatic carbocycles. The van der Waals surface area contributed by atoms with E-state index >= 15 is 0 Å². The molecule has 1 atom stereocenters. The average Bonchev–Trinajstić information content (AvgIpc) is 3.09. The summed E-state index contributed by atoms with van der Waals surface area (Å²) in [6.07, 6.45) is -5.59. The summed E-state index contributed by atoms with van der Waals surface area (Å²) < 4.78 is 41.7. The van der Waals surface area contributed by atoms with Crippen LogP contribution in [0, 0.1) is 0 Å². The number of esters is 1. The molecule has 0 saturated carbocycles. The minimum atomic E-state index is -5.08. The molecule has 0 aromatic heterocycles. The summed E-state index contributed by atoms with van der Waals surface area (Å²) in [7, 11) is 1.30. The fraction of sp³-hybridized carbons (Fsp3) is 0.318. The van der Waals surface area contributed by atoms with Gasteiger partial charge in [0.1, 0.15) is 6.61 Å². The maximum atomic E-state index is 12.0. The van der Waals surface area contributed by atoms with E-state index in [1.165, 1.54) is 18.2 Å². The zero-order valence-corrected chi connectivity index (χ0v) is 17.6. The van der Waals surface area contributed by atoms with Crippen molar-refractivity contribution in [2.45, 2.75) is 24.6 Å². The standard InChI is InChI=1S/C20H22N2O4.C2HF3O2/c1-25-19(23)10-13(21)11-22-20(24)26-12-18-16-8-4-2-6-14(16)15-7-3-5-9-17(15)18;3-2(4,5)1(6)7/h2-9,13,18H,10-12,21H2,1H3,(H,22,24);(H,6,7)/t13-;/m0./s1. The Kier molecular flexibility index (Phi) is 8.80. The summed E-state index contributed by atoms with van der Waals surface area (Å²) in [6.45, 7) is 0.387. The van der Waals surface area contributed by atoms with Crippen LogP contribution < -0.4 is 11.1 Å². The highest BCUT2D eigenvalue weighted by Gasteiger charge is 2.38. The summed E-state index contributed by atoms with van der Waals surface area (Å²) >= 11 is 0. The SMILES string of the molecule is COC(=O)C[C@H](N)CNC(=O)OCC1c2ccccc2-c2ccccc21.O=C(O)C(F)(F)F. The Morgan fingerprint density at radius 1 is 1.06 bits per heavy atom. The number of fused-ring (bicyclic) bond motifs is 3. The molecule has 11 heteroatoms. The van der Waals surface area contributed by atoms with Gasteiger partial charge in [-0.15, -0.1) is 0 Å². The van der Waals surface area contributed by atoms with Crippen molar-refractivity contribution in [3.05, 3.63) is 59.7 Å². The number of hydrogen-bond acceptors (Lipinski definition) is 6. The number of amides is 1. The van der Waals surface area contributed by atoms with Crippen LogP contribution in [0.4, 0.5) is 18.0 Å². The van der Waals surface area contributed by atoms with Gasteiger partial charge in [-0.25, -0.2) is 9.59 Å². The first-order chi connectivity index (χ1) is 15.5. The lowest BCUT2D eigenvalue weighted by molar-refractivity contribution is -0.192. The molecule has 1 amide bonds. The van der Waals surface area contributed by atoms with E-state index in [0.29, 0.717) is 0 Å². The molecule has 0 saturated heterocycles. The van der Waals surface area contributed by atoms with Crippen LogP contribution in [-0.2, 0) is 19.1 Å². The number of ether oxygens (including phenoxy) is 2. The number of benzene rings is 2. The largest absolute Gasteiger partial charge is 0.490 e. The summed E-state index contributed by atoms with van der Waals surface area (Å²) in [5, 5.41) is 9.71. The predicted molar refractivity (Wildman–Crippen MR) is 111 cm³/mol. The lowest BCUT2D eigenvalue weighted by Crippen LogP contribution is -2.39. The Morgan fingerprint density at radius 2 is 1.55 bits per heavy atom. The van der Waals surface area contributed by atoms with Crippen LogP contribution in [0.2, 0.25) is 0 Å². The van der Waals surface area contributed by atoms with Crippen LogP contribution in [0.5, 0.6) is 0 Å². The number of halogens is 3. The van der Waals surface area contributed by atoms with Crippen LogP contribution >= 0.6 is 0 Å². The first-order valence-corrected chi connectivity index (χ1v) is 9.76. The summed E-state index contributed by atoms with van der Waals surface area (Å²) in [4.78, 5) is 32.0. The van der Waals surface area contributed by atoms with E-state index in [4.69, 9.17) is 20.4 Å². The summed E-state index contributed by atoms with van der Waals surface area (Å²) in [5.74, 6) is -3.16. The number of carboxylic acid groups (broad SMARTS) is 1. The van der Waals surface area contributed by atoms with Gasteiger partial charge in [-0.2, -0.15) is 13.2 Å². The quantitative estimate of drug-likeness (QED) is 0.556. The van der Waals surface area contributed by atoms with Crippen molar-refractivity contribution in [1.82, 2.24) is 5.32 Å². The van der Waals surface area contributed by atoms with Crippen LogP contribution in [0.1, 0.15) is 23.5 Å². The molecule has 178 valence electrons. The van der Waals surface area contributed by atoms with Crippen LogP contribution in [-0.4, -0.2) is 55.6 Å². The third-order valence-electron chi connectivity index (χ3n) is 4.75. The number of carbonyl (C=O) groups is 3. The Bertz CT molecular complexity index is 951. The summed E-state index contributed by atoms with van der Waals surface area (Å²) in [6, 6.07) is 15.8. The Morgan fingerprint density at radius 3 is 2.00 bits per heavy atom. The second-order valence-electron chi connectivity index (χ2n) is 7.05. The number of nitrogens with two attached hydrogens (primary N) is 1. The van der Waals surface area contributed by atoms with Crippen LogP contribution in [0.3, 0.4) is 0 Å². The highest BCUT2D eigenvalue weighted by atomic mass is 19.4. The van der Waals surface area contributed by atoms with E-state index in [0.717, 1.165) is 11.1 Å². The molecule has 8 nitrogen and oxygen atoms in total. The molecular formula is C22H23F3N2O6. The number of hydrogen-bond donors (Lipinski definition) is 3. The molecule has 2 aromatic rings. The molecule has 0 radical (unpaired) electrons. The third-order valence-corrected chi connectivity index (χ3v) is 4.75. The monoisotopic (exact) mass is 468 g/mol. The number of aliphatic carboxylic acids is 1. The van der Waals surface area contributed by atoms with Crippen molar-refractivity contribution >= 4 is 18.0 Å². The highest BCUT2D eigenvalue weighted by Crippen LogP contribution is 2.44. The number of methoxy groups -OCH3 is 1. The first-order valence-electron chi connectivity index (χ1n) is 9.76. The van der Waals surface area contributed by atoms with Gasteiger partial charge in [-0.3, -0.25) is 4.79 Å². The van der Waals surface area contributed by atoms with Crippen molar-refractivity contribution < 1.29 is 42.1 Å². The van der Waals surface area contributed by atoms with E-state index < -0.39 is 30.2 Å². The Balaban J connectivity index is 0.000000479. The van der Waals surface area contributed by atoms with E-state index in [1.54, 1.807) is 0 Å². The van der Waals surface area contributed by atoms with Gasteiger partial charge in [-0.1, -0.05) is 48.5 Å². The van der Waals surface area contributed by atoms with Gasteiger partial charge < -0.3 is 25.6 Å². The number of alkyl halides is 3. The zero-order valence-electron chi connectivity index (χ0n) is 17.6. The van der Waals surface area contributed by atoms with Gasteiger partial charge in [0, 0.05) is 18.5 Å². The number of rotatable bonds is 6. The molecule has 0 bridgehead atoms. The Hall–Kier alpha value is -3.60.